The quantitative estimate of drug-likeness (QED) is 0.864. The van der Waals surface area contributed by atoms with E-state index >= 15 is 0 Å². The predicted molar refractivity (Wildman–Crippen MR) is 76.4 cm³/mol. The maximum Gasteiger partial charge on any atom is 0.128 e. The molecule has 1 aromatic heterocycles. The van der Waals surface area contributed by atoms with Gasteiger partial charge in [-0.05, 0) is 35.6 Å². The predicted octanol–water partition coefficient (Wildman–Crippen LogP) is 4.36. The lowest BCUT2D eigenvalue weighted by atomic mass is 10.0. The minimum atomic E-state index is -0.133. The Bertz CT molecular complexity index is 531. The van der Waals surface area contributed by atoms with Gasteiger partial charge in [0.05, 0.1) is 0 Å². The second kappa shape index (κ2) is 5.63. The topological polar surface area (TPSA) is 12.0 Å². The monoisotopic (exact) mass is 263 g/mol. The lowest BCUT2D eigenvalue weighted by Gasteiger charge is -2.10. The van der Waals surface area contributed by atoms with E-state index in [0.29, 0.717) is 12.6 Å². The standard InChI is InChI=1S/C15H18FNS/c1-10(2)17-9-13-5-4-12(8-15(13)16)14-6-7-18-11(14)3/h4-8,10,17H,9H2,1-3H3. The summed E-state index contributed by atoms with van der Waals surface area (Å²) in [4.78, 5) is 1.22. The molecule has 0 saturated heterocycles. The summed E-state index contributed by atoms with van der Waals surface area (Å²) in [6, 6.07) is 7.91. The fourth-order valence-electron chi connectivity index (χ4n) is 1.86. The molecule has 1 nitrogen and oxygen atoms in total. The Hall–Kier alpha value is -1.19. The van der Waals surface area contributed by atoms with Crippen molar-refractivity contribution in [2.45, 2.75) is 33.4 Å². The van der Waals surface area contributed by atoms with Crippen molar-refractivity contribution in [1.82, 2.24) is 5.32 Å². The molecule has 0 aliphatic heterocycles. The van der Waals surface area contributed by atoms with Crippen molar-refractivity contribution in [3.8, 4) is 11.1 Å². The Balaban J connectivity index is 2.22. The molecule has 0 aliphatic rings. The molecule has 0 spiro atoms. The Morgan fingerprint density at radius 2 is 2.06 bits per heavy atom. The van der Waals surface area contributed by atoms with E-state index in [1.807, 2.05) is 23.6 Å². The number of benzene rings is 1. The van der Waals surface area contributed by atoms with Crippen molar-refractivity contribution < 1.29 is 4.39 Å². The molecule has 18 heavy (non-hydrogen) atoms. The zero-order valence-electron chi connectivity index (χ0n) is 11.0. The van der Waals surface area contributed by atoms with Crippen molar-refractivity contribution in [2.24, 2.45) is 0 Å². The van der Waals surface area contributed by atoms with Crippen LogP contribution in [0.1, 0.15) is 24.3 Å². The van der Waals surface area contributed by atoms with Gasteiger partial charge in [-0.2, -0.15) is 0 Å². The first kappa shape index (κ1) is 13.2. The Morgan fingerprint density at radius 1 is 1.28 bits per heavy atom. The van der Waals surface area contributed by atoms with E-state index in [9.17, 15) is 4.39 Å². The number of nitrogens with one attached hydrogen (secondary N) is 1. The van der Waals surface area contributed by atoms with Gasteiger partial charge in [-0.3, -0.25) is 0 Å². The highest BCUT2D eigenvalue weighted by molar-refractivity contribution is 7.10. The van der Waals surface area contributed by atoms with Crippen LogP contribution in [0.4, 0.5) is 4.39 Å². The average Bonchev–Trinajstić information content (AvgIpc) is 2.73. The van der Waals surface area contributed by atoms with Gasteiger partial charge >= 0.3 is 0 Å². The van der Waals surface area contributed by atoms with Crippen LogP contribution in [-0.2, 0) is 6.54 Å². The number of aryl methyl sites for hydroxylation is 1. The van der Waals surface area contributed by atoms with Gasteiger partial charge in [0.25, 0.3) is 0 Å². The molecule has 1 N–H and O–H groups in total. The van der Waals surface area contributed by atoms with Crippen LogP contribution < -0.4 is 5.32 Å². The molecule has 0 saturated carbocycles. The molecule has 0 bridgehead atoms. The zero-order chi connectivity index (χ0) is 13.1. The SMILES string of the molecule is Cc1sccc1-c1ccc(CNC(C)C)c(F)c1. The lowest BCUT2D eigenvalue weighted by molar-refractivity contribution is 0.553. The summed E-state index contributed by atoms with van der Waals surface area (Å²) < 4.78 is 14.0. The minimum Gasteiger partial charge on any atom is -0.310 e. The smallest absolute Gasteiger partial charge is 0.128 e. The number of rotatable bonds is 4. The molecule has 0 aliphatic carbocycles. The third-order valence-corrected chi connectivity index (χ3v) is 3.77. The number of thiophene rings is 1. The molecule has 3 heteroatoms. The van der Waals surface area contributed by atoms with Gasteiger partial charge < -0.3 is 5.32 Å². The van der Waals surface area contributed by atoms with Gasteiger partial charge in [-0.25, -0.2) is 4.39 Å². The molecular formula is C15H18FNS. The number of hydrogen-bond acceptors (Lipinski definition) is 2. The summed E-state index contributed by atoms with van der Waals surface area (Å²) in [5.74, 6) is -0.133. The van der Waals surface area contributed by atoms with Crippen molar-refractivity contribution in [3.05, 3.63) is 45.9 Å². The highest BCUT2D eigenvalue weighted by Crippen LogP contribution is 2.28. The Morgan fingerprint density at radius 3 is 2.61 bits per heavy atom. The highest BCUT2D eigenvalue weighted by Gasteiger charge is 2.08. The maximum absolute atomic E-state index is 14.0. The number of halogens is 1. The van der Waals surface area contributed by atoms with Crippen LogP contribution in [0.25, 0.3) is 11.1 Å². The fourth-order valence-corrected chi connectivity index (χ4v) is 2.58. The zero-order valence-corrected chi connectivity index (χ0v) is 11.8. The van der Waals surface area contributed by atoms with E-state index in [0.717, 1.165) is 16.7 Å². The van der Waals surface area contributed by atoms with Crippen LogP contribution in [0.15, 0.2) is 29.6 Å². The Kier molecular flexibility index (Phi) is 4.15. The lowest BCUT2D eigenvalue weighted by Crippen LogP contribution is -2.22. The van der Waals surface area contributed by atoms with Gasteiger partial charge in [-0.1, -0.05) is 26.0 Å². The summed E-state index contributed by atoms with van der Waals surface area (Å²) in [5, 5.41) is 5.27. The summed E-state index contributed by atoms with van der Waals surface area (Å²) in [5.41, 5.74) is 2.81. The molecule has 0 amide bonds. The molecule has 96 valence electrons. The van der Waals surface area contributed by atoms with Crippen LogP contribution >= 0.6 is 11.3 Å². The summed E-state index contributed by atoms with van der Waals surface area (Å²) in [7, 11) is 0. The van der Waals surface area contributed by atoms with E-state index < -0.39 is 0 Å². The molecule has 0 unspecified atom stereocenters. The number of hydrogen-bond donors (Lipinski definition) is 1. The molecule has 0 radical (unpaired) electrons. The highest BCUT2D eigenvalue weighted by atomic mass is 32.1. The van der Waals surface area contributed by atoms with Gasteiger partial charge in [0.1, 0.15) is 5.82 Å². The molecule has 2 aromatic rings. The van der Waals surface area contributed by atoms with Gasteiger partial charge in [0.2, 0.25) is 0 Å². The van der Waals surface area contributed by atoms with E-state index in [-0.39, 0.29) is 5.82 Å². The fraction of sp³-hybridized carbons (Fsp3) is 0.333. The molecule has 0 atom stereocenters. The third-order valence-electron chi connectivity index (χ3n) is 2.92. The first-order chi connectivity index (χ1) is 8.58. The first-order valence-electron chi connectivity index (χ1n) is 6.14. The van der Waals surface area contributed by atoms with Crippen molar-refractivity contribution >= 4 is 11.3 Å². The molecule has 1 heterocycles. The van der Waals surface area contributed by atoms with Crippen LogP contribution in [0.3, 0.4) is 0 Å². The molecule has 0 fully saturated rings. The largest absolute Gasteiger partial charge is 0.310 e. The summed E-state index contributed by atoms with van der Waals surface area (Å²) in [6.45, 7) is 6.75. The summed E-state index contributed by atoms with van der Waals surface area (Å²) in [6.07, 6.45) is 0. The van der Waals surface area contributed by atoms with Crippen molar-refractivity contribution in [3.63, 3.8) is 0 Å². The van der Waals surface area contributed by atoms with E-state index in [1.54, 1.807) is 17.4 Å². The van der Waals surface area contributed by atoms with Crippen LogP contribution in [0.5, 0.6) is 0 Å². The van der Waals surface area contributed by atoms with Crippen molar-refractivity contribution in [2.75, 3.05) is 0 Å². The van der Waals surface area contributed by atoms with E-state index in [1.165, 1.54) is 4.88 Å². The molecular weight excluding hydrogens is 245 g/mol. The maximum atomic E-state index is 14.0. The van der Waals surface area contributed by atoms with Crippen LogP contribution in [0, 0.1) is 12.7 Å². The van der Waals surface area contributed by atoms with E-state index in [2.05, 4.69) is 26.1 Å². The second-order valence-electron chi connectivity index (χ2n) is 4.73. The summed E-state index contributed by atoms with van der Waals surface area (Å²) >= 11 is 1.69. The molecule has 2 rings (SSSR count). The van der Waals surface area contributed by atoms with Crippen molar-refractivity contribution in [1.29, 1.82) is 0 Å². The van der Waals surface area contributed by atoms with E-state index in [4.69, 9.17) is 0 Å². The Labute approximate surface area is 112 Å². The minimum absolute atomic E-state index is 0.133. The first-order valence-corrected chi connectivity index (χ1v) is 7.02. The average molecular weight is 263 g/mol. The third kappa shape index (κ3) is 2.98. The normalized spacial score (nSPS) is 11.2. The molecule has 1 aromatic carbocycles. The van der Waals surface area contributed by atoms with Gasteiger partial charge in [-0.15, -0.1) is 11.3 Å². The van der Waals surface area contributed by atoms with Gasteiger partial charge in [0.15, 0.2) is 0 Å². The van der Waals surface area contributed by atoms with Crippen LogP contribution in [-0.4, -0.2) is 6.04 Å². The van der Waals surface area contributed by atoms with Crippen LogP contribution in [0.2, 0.25) is 0 Å². The van der Waals surface area contributed by atoms with Gasteiger partial charge in [0, 0.05) is 23.0 Å². The second-order valence-corrected chi connectivity index (χ2v) is 5.85.